The zero-order chi connectivity index (χ0) is 31.9. The Morgan fingerprint density at radius 3 is 1.89 bits per heavy atom. The lowest BCUT2D eigenvalue weighted by molar-refractivity contribution is 0.0818. The van der Waals surface area contributed by atoms with Gasteiger partial charge in [-0.1, -0.05) is 0 Å². The largest absolute Gasteiger partial charge is 0.383 e. The third-order valence-electron chi connectivity index (χ3n) is 7.85. The van der Waals surface area contributed by atoms with Gasteiger partial charge in [0.05, 0.1) is 38.9 Å². The normalized spacial score (nSPS) is 13.9. The highest BCUT2D eigenvalue weighted by atomic mass is 16.5. The van der Waals surface area contributed by atoms with Crippen LogP contribution in [0.2, 0.25) is 0 Å². The lowest BCUT2D eigenvalue weighted by atomic mass is 10.1. The molecule has 1 aliphatic rings. The van der Waals surface area contributed by atoms with Crippen LogP contribution >= 0.6 is 0 Å². The summed E-state index contributed by atoms with van der Waals surface area (Å²) in [5.41, 5.74) is 1.38. The van der Waals surface area contributed by atoms with Crippen LogP contribution in [0.3, 0.4) is 0 Å². The number of fused-ring (bicyclic) bond motifs is 1. The lowest BCUT2D eigenvalue weighted by Crippen LogP contribution is -2.38. The molecule has 45 heavy (non-hydrogen) atoms. The number of piperidine rings is 1. The number of aromatic nitrogens is 6. The Bertz CT molecular complexity index is 1240. The second kappa shape index (κ2) is 18.6. The van der Waals surface area contributed by atoms with Crippen LogP contribution in [-0.2, 0) is 30.2 Å². The van der Waals surface area contributed by atoms with Gasteiger partial charge in [-0.05, 0) is 19.3 Å². The third-order valence-corrected chi connectivity index (χ3v) is 7.85. The first kappa shape index (κ1) is 34.5. The van der Waals surface area contributed by atoms with Crippen molar-refractivity contribution in [1.29, 1.82) is 0 Å². The van der Waals surface area contributed by atoms with Gasteiger partial charge < -0.3 is 48.3 Å². The molecule has 0 amide bonds. The van der Waals surface area contributed by atoms with E-state index in [0.29, 0.717) is 87.9 Å². The van der Waals surface area contributed by atoms with Crippen LogP contribution in [0.15, 0.2) is 18.7 Å². The molecule has 250 valence electrons. The maximum atomic E-state index is 5.67. The molecule has 4 heterocycles. The summed E-state index contributed by atoms with van der Waals surface area (Å²) in [6, 6.07) is 0. The summed E-state index contributed by atoms with van der Waals surface area (Å²) in [7, 11) is 8.56. The van der Waals surface area contributed by atoms with Crippen molar-refractivity contribution in [1.82, 2.24) is 29.5 Å². The van der Waals surface area contributed by atoms with Crippen molar-refractivity contribution >= 4 is 34.6 Å². The van der Waals surface area contributed by atoms with E-state index in [0.717, 1.165) is 44.7 Å². The minimum atomic E-state index is 0.227. The van der Waals surface area contributed by atoms with Crippen molar-refractivity contribution in [2.45, 2.75) is 31.9 Å². The van der Waals surface area contributed by atoms with E-state index >= 15 is 0 Å². The lowest BCUT2D eigenvalue weighted by Gasteiger charge is -2.33. The minimum Gasteiger partial charge on any atom is -0.383 e. The van der Waals surface area contributed by atoms with Gasteiger partial charge in [-0.25, -0.2) is 15.0 Å². The van der Waals surface area contributed by atoms with E-state index in [2.05, 4.69) is 29.6 Å². The molecule has 15 nitrogen and oxygen atoms in total. The van der Waals surface area contributed by atoms with E-state index in [1.165, 1.54) is 0 Å². The van der Waals surface area contributed by atoms with Gasteiger partial charge in [0.15, 0.2) is 11.6 Å². The molecule has 0 radical (unpaired) electrons. The summed E-state index contributed by atoms with van der Waals surface area (Å²) in [6.07, 6.45) is 8.49. The van der Waals surface area contributed by atoms with Gasteiger partial charge in [-0.15, -0.1) is 0 Å². The number of imidazole rings is 1. The number of hydrogen-bond acceptors (Lipinski definition) is 14. The fourth-order valence-corrected chi connectivity index (χ4v) is 5.22. The maximum absolute atomic E-state index is 5.67. The van der Waals surface area contributed by atoms with Gasteiger partial charge in [-0.2, -0.15) is 9.97 Å². The fraction of sp³-hybridized carbons (Fsp3) is 0.700. The van der Waals surface area contributed by atoms with E-state index in [4.69, 9.17) is 43.6 Å². The number of aryl methyl sites for hydroxylation is 1. The number of anilines is 4. The van der Waals surface area contributed by atoms with Crippen molar-refractivity contribution in [3.8, 4) is 0 Å². The molecule has 0 atom stereocenters. The first-order chi connectivity index (χ1) is 22.1. The van der Waals surface area contributed by atoms with Crippen molar-refractivity contribution < 1.29 is 23.7 Å². The summed E-state index contributed by atoms with van der Waals surface area (Å²) in [4.78, 5) is 31.1. The Labute approximate surface area is 266 Å². The van der Waals surface area contributed by atoms with E-state index in [9.17, 15) is 0 Å². The summed E-state index contributed by atoms with van der Waals surface area (Å²) in [5.74, 6) is 2.62. The molecule has 0 aliphatic carbocycles. The zero-order valence-corrected chi connectivity index (χ0v) is 27.5. The van der Waals surface area contributed by atoms with Gasteiger partial charge in [0, 0.05) is 100 Å². The average Bonchev–Trinajstić information content (AvgIpc) is 3.60. The molecule has 1 N–H and O–H groups in total. The van der Waals surface area contributed by atoms with Crippen LogP contribution < -0.4 is 20.0 Å². The molecule has 0 bridgehead atoms. The van der Waals surface area contributed by atoms with Crippen LogP contribution in [-0.4, -0.2) is 143 Å². The van der Waals surface area contributed by atoms with E-state index in [1.807, 2.05) is 12.5 Å². The van der Waals surface area contributed by atoms with Crippen LogP contribution in [0.1, 0.15) is 19.3 Å². The molecule has 0 spiro atoms. The fourth-order valence-electron chi connectivity index (χ4n) is 5.22. The predicted octanol–water partition coefficient (Wildman–Crippen LogP) is 1.93. The number of methoxy groups -OCH3 is 5. The maximum Gasteiger partial charge on any atom is 0.228 e. The molecule has 3 aromatic rings. The first-order valence-corrected chi connectivity index (χ1v) is 15.6. The van der Waals surface area contributed by atoms with Gasteiger partial charge in [0.25, 0.3) is 0 Å². The number of ether oxygens (including phenoxy) is 5. The molecule has 0 aromatic carbocycles. The number of nitrogens with one attached hydrogen (secondary N) is 1. The quantitative estimate of drug-likeness (QED) is 0.172. The Kier molecular flexibility index (Phi) is 14.2. The summed E-state index contributed by atoms with van der Waals surface area (Å²) in [5, 5.41) is 3.59. The molecule has 0 unspecified atom stereocenters. The van der Waals surface area contributed by atoms with Crippen LogP contribution in [0.25, 0.3) is 11.0 Å². The highest BCUT2D eigenvalue weighted by Gasteiger charge is 2.27. The standard InChI is InChI=1S/C30H50N10O5/c1-41-19-15-39(16-20-42-2)29-34-26-25(27(35-29)32-9-6-11-37-14-10-31-23-37)33-30(40(17-21-43-3)18-22-44-4)36-28(26)38-12-7-24(45-5)8-13-38/h10,14,23-24H,6-9,11-13,15-22H2,1-5H3,(H,32,34,35). The van der Waals surface area contributed by atoms with Gasteiger partial charge in [0.2, 0.25) is 11.9 Å². The number of rotatable bonds is 21. The van der Waals surface area contributed by atoms with Crippen molar-refractivity contribution in [3.63, 3.8) is 0 Å². The molecule has 0 saturated carbocycles. The predicted molar refractivity (Wildman–Crippen MR) is 175 cm³/mol. The number of nitrogens with zero attached hydrogens (tertiary/aromatic N) is 9. The monoisotopic (exact) mass is 630 g/mol. The van der Waals surface area contributed by atoms with Gasteiger partial charge in [-0.3, -0.25) is 0 Å². The molecular weight excluding hydrogens is 580 g/mol. The molecule has 3 aromatic heterocycles. The molecule has 15 heteroatoms. The zero-order valence-electron chi connectivity index (χ0n) is 27.5. The topological polar surface area (TPSA) is 137 Å². The van der Waals surface area contributed by atoms with Crippen molar-refractivity contribution in [2.75, 3.05) is 128 Å². The molecule has 1 aliphatic heterocycles. The molecule has 1 saturated heterocycles. The first-order valence-electron chi connectivity index (χ1n) is 15.6. The van der Waals surface area contributed by atoms with Crippen molar-refractivity contribution in [3.05, 3.63) is 18.7 Å². The van der Waals surface area contributed by atoms with E-state index < -0.39 is 0 Å². The molecule has 4 rings (SSSR count). The third kappa shape index (κ3) is 9.81. The van der Waals surface area contributed by atoms with Crippen LogP contribution in [0, 0.1) is 0 Å². The Morgan fingerprint density at radius 1 is 0.778 bits per heavy atom. The average molecular weight is 631 g/mol. The SMILES string of the molecule is COCCN(CCOC)c1nc(N2CCC(OC)CC2)c2nc(N(CCOC)CCOC)nc(NCCCn3ccnc3)c2n1. The Balaban J connectivity index is 1.81. The van der Waals surface area contributed by atoms with Crippen LogP contribution in [0.5, 0.6) is 0 Å². The van der Waals surface area contributed by atoms with Crippen LogP contribution in [0.4, 0.5) is 23.5 Å². The van der Waals surface area contributed by atoms with Gasteiger partial charge >= 0.3 is 0 Å². The van der Waals surface area contributed by atoms with Gasteiger partial charge in [0.1, 0.15) is 11.0 Å². The summed E-state index contributed by atoms with van der Waals surface area (Å²) >= 11 is 0. The molecular formula is C30H50N10O5. The number of hydrogen-bond donors (Lipinski definition) is 1. The smallest absolute Gasteiger partial charge is 0.228 e. The summed E-state index contributed by atoms with van der Waals surface area (Å²) < 4.78 is 29.4. The highest BCUT2D eigenvalue weighted by molar-refractivity contribution is 5.95. The van der Waals surface area contributed by atoms with Crippen molar-refractivity contribution in [2.24, 2.45) is 0 Å². The second-order valence-corrected chi connectivity index (χ2v) is 10.9. The second-order valence-electron chi connectivity index (χ2n) is 10.9. The molecule has 1 fully saturated rings. The summed E-state index contributed by atoms with van der Waals surface area (Å²) in [6.45, 7) is 7.68. The minimum absolute atomic E-state index is 0.227. The Morgan fingerprint density at radius 2 is 1.36 bits per heavy atom. The highest BCUT2D eigenvalue weighted by Crippen LogP contribution is 2.32. The van der Waals surface area contributed by atoms with E-state index in [-0.39, 0.29) is 6.10 Å². The Hall–Kier alpha value is -3.37. The van der Waals surface area contributed by atoms with E-state index in [1.54, 1.807) is 41.7 Å².